The number of benzene rings is 1. The van der Waals surface area contributed by atoms with Gasteiger partial charge in [-0.05, 0) is 29.8 Å². The molecule has 1 aromatic carbocycles. The van der Waals surface area contributed by atoms with Gasteiger partial charge in [0.15, 0.2) is 0 Å². The van der Waals surface area contributed by atoms with E-state index in [1.165, 1.54) is 6.92 Å². The van der Waals surface area contributed by atoms with Gasteiger partial charge in [0.1, 0.15) is 5.15 Å². The van der Waals surface area contributed by atoms with Crippen molar-refractivity contribution in [1.82, 2.24) is 4.98 Å². The first-order valence-electron chi connectivity index (χ1n) is 5.61. The molecule has 92 valence electrons. The highest BCUT2D eigenvalue weighted by atomic mass is 35.5. The summed E-state index contributed by atoms with van der Waals surface area (Å²) >= 11 is 5.83. The average molecular weight is 261 g/mol. The second-order valence-electron chi connectivity index (χ2n) is 4.01. The normalized spacial score (nSPS) is 10.1. The van der Waals surface area contributed by atoms with Crippen LogP contribution in [-0.2, 0) is 11.2 Å². The predicted molar refractivity (Wildman–Crippen MR) is 72.8 cm³/mol. The Morgan fingerprint density at radius 2 is 1.94 bits per heavy atom. The van der Waals surface area contributed by atoms with Crippen LogP contribution in [0.5, 0.6) is 0 Å². The van der Waals surface area contributed by atoms with Crippen molar-refractivity contribution in [2.75, 3.05) is 5.32 Å². The largest absolute Gasteiger partial charge is 0.326 e. The van der Waals surface area contributed by atoms with Crippen molar-refractivity contribution in [2.45, 2.75) is 13.3 Å². The number of aromatic nitrogens is 1. The van der Waals surface area contributed by atoms with E-state index in [1.54, 1.807) is 6.07 Å². The minimum absolute atomic E-state index is 0.0701. The molecule has 0 aliphatic heterocycles. The van der Waals surface area contributed by atoms with E-state index in [0.29, 0.717) is 5.15 Å². The highest BCUT2D eigenvalue weighted by Crippen LogP contribution is 2.14. The molecule has 0 aliphatic rings. The highest BCUT2D eigenvalue weighted by molar-refractivity contribution is 6.29. The molecule has 3 nitrogen and oxygen atoms in total. The number of nitrogens with one attached hydrogen (secondary N) is 1. The van der Waals surface area contributed by atoms with Gasteiger partial charge in [0.25, 0.3) is 0 Å². The maximum absolute atomic E-state index is 10.9. The third kappa shape index (κ3) is 3.57. The van der Waals surface area contributed by atoms with Crippen LogP contribution in [0.25, 0.3) is 0 Å². The summed E-state index contributed by atoms with van der Waals surface area (Å²) in [6.07, 6.45) is 0.723. The number of amides is 1. The summed E-state index contributed by atoms with van der Waals surface area (Å²) < 4.78 is 0. The van der Waals surface area contributed by atoms with Crippen molar-refractivity contribution >= 4 is 23.2 Å². The van der Waals surface area contributed by atoms with Gasteiger partial charge in [0.2, 0.25) is 5.91 Å². The fourth-order valence-corrected chi connectivity index (χ4v) is 1.85. The number of anilines is 1. The third-order valence-corrected chi connectivity index (χ3v) is 2.64. The molecular weight excluding hydrogens is 248 g/mol. The lowest BCUT2D eigenvalue weighted by Gasteiger charge is -2.04. The van der Waals surface area contributed by atoms with Crippen LogP contribution in [0, 0.1) is 0 Å². The number of hydrogen-bond donors (Lipinski definition) is 1. The average Bonchev–Trinajstić information content (AvgIpc) is 2.31. The maximum atomic E-state index is 10.9. The minimum Gasteiger partial charge on any atom is -0.326 e. The summed E-state index contributed by atoms with van der Waals surface area (Å²) in [4.78, 5) is 15.1. The van der Waals surface area contributed by atoms with Gasteiger partial charge in [0, 0.05) is 24.7 Å². The quantitative estimate of drug-likeness (QED) is 0.861. The van der Waals surface area contributed by atoms with Gasteiger partial charge in [-0.1, -0.05) is 29.8 Å². The lowest BCUT2D eigenvalue weighted by molar-refractivity contribution is -0.114. The van der Waals surface area contributed by atoms with Gasteiger partial charge >= 0.3 is 0 Å². The smallest absolute Gasteiger partial charge is 0.221 e. The monoisotopic (exact) mass is 260 g/mol. The fraction of sp³-hybridized carbons (Fsp3) is 0.143. The van der Waals surface area contributed by atoms with Crippen molar-refractivity contribution < 1.29 is 4.79 Å². The summed E-state index contributed by atoms with van der Waals surface area (Å²) in [5.74, 6) is -0.0701. The molecule has 0 fully saturated rings. The van der Waals surface area contributed by atoms with Gasteiger partial charge in [-0.2, -0.15) is 0 Å². The van der Waals surface area contributed by atoms with Gasteiger partial charge in [0.05, 0.1) is 0 Å². The Morgan fingerprint density at radius 3 is 2.56 bits per heavy atom. The van der Waals surface area contributed by atoms with E-state index in [2.05, 4.69) is 10.3 Å². The lowest BCUT2D eigenvalue weighted by atomic mass is 10.1. The summed E-state index contributed by atoms with van der Waals surface area (Å²) in [5.41, 5.74) is 2.85. The number of hydrogen-bond acceptors (Lipinski definition) is 2. The first kappa shape index (κ1) is 12.6. The molecule has 2 rings (SSSR count). The van der Waals surface area contributed by atoms with Gasteiger partial charge in [-0.25, -0.2) is 4.98 Å². The van der Waals surface area contributed by atoms with Crippen LogP contribution in [0.2, 0.25) is 5.15 Å². The first-order valence-corrected chi connectivity index (χ1v) is 5.99. The molecule has 0 bridgehead atoms. The van der Waals surface area contributed by atoms with E-state index >= 15 is 0 Å². The number of carbonyl (C=O) groups excluding carboxylic acids is 1. The zero-order valence-electron chi connectivity index (χ0n) is 9.98. The van der Waals surface area contributed by atoms with Crippen LogP contribution >= 0.6 is 11.6 Å². The van der Waals surface area contributed by atoms with Crippen molar-refractivity contribution in [3.8, 4) is 0 Å². The van der Waals surface area contributed by atoms with Crippen LogP contribution in [0.3, 0.4) is 0 Å². The fourth-order valence-electron chi connectivity index (χ4n) is 1.67. The van der Waals surface area contributed by atoms with E-state index in [9.17, 15) is 4.79 Å². The molecule has 0 aliphatic carbocycles. The molecule has 1 N–H and O–H groups in total. The number of rotatable bonds is 3. The van der Waals surface area contributed by atoms with Crippen LogP contribution in [0.15, 0.2) is 42.5 Å². The second-order valence-corrected chi connectivity index (χ2v) is 4.39. The van der Waals surface area contributed by atoms with E-state index in [4.69, 9.17) is 11.6 Å². The van der Waals surface area contributed by atoms with Gasteiger partial charge in [-0.15, -0.1) is 0 Å². The van der Waals surface area contributed by atoms with Crippen molar-refractivity contribution in [3.63, 3.8) is 0 Å². The number of nitrogens with zero attached hydrogens (tertiary/aromatic N) is 1. The Balaban J connectivity index is 2.08. The molecule has 0 unspecified atom stereocenters. The first-order chi connectivity index (χ1) is 8.63. The lowest BCUT2D eigenvalue weighted by Crippen LogP contribution is -2.05. The molecule has 2 aromatic rings. The van der Waals surface area contributed by atoms with E-state index in [0.717, 1.165) is 23.4 Å². The molecule has 0 radical (unpaired) electrons. The van der Waals surface area contributed by atoms with Crippen LogP contribution in [0.4, 0.5) is 5.69 Å². The molecule has 0 atom stereocenters. The minimum atomic E-state index is -0.0701. The molecular formula is C14H13ClN2O. The molecule has 1 aromatic heterocycles. The van der Waals surface area contributed by atoms with Crippen LogP contribution in [0.1, 0.15) is 18.2 Å². The summed E-state index contributed by atoms with van der Waals surface area (Å²) in [6, 6.07) is 13.3. The molecule has 4 heteroatoms. The van der Waals surface area contributed by atoms with E-state index in [1.807, 2.05) is 36.4 Å². The highest BCUT2D eigenvalue weighted by Gasteiger charge is 2.00. The molecule has 0 saturated heterocycles. The summed E-state index contributed by atoms with van der Waals surface area (Å²) in [6.45, 7) is 1.49. The van der Waals surface area contributed by atoms with Crippen molar-refractivity contribution in [3.05, 3.63) is 58.9 Å². The topological polar surface area (TPSA) is 42.0 Å². The molecule has 1 amide bonds. The number of pyridine rings is 1. The zero-order chi connectivity index (χ0) is 13.0. The van der Waals surface area contributed by atoms with Gasteiger partial charge in [-0.3, -0.25) is 4.79 Å². The second kappa shape index (κ2) is 5.65. The summed E-state index contributed by atoms with van der Waals surface area (Å²) in [5, 5.41) is 3.23. The maximum Gasteiger partial charge on any atom is 0.221 e. The Kier molecular flexibility index (Phi) is 3.95. The van der Waals surface area contributed by atoms with Crippen molar-refractivity contribution in [1.29, 1.82) is 0 Å². The standard InChI is InChI=1S/C14H13ClN2O/c1-10(18)16-12-7-5-11(6-8-12)9-13-3-2-4-14(15)17-13/h2-8H,9H2,1H3,(H,16,18). The van der Waals surface area contributed by atoms with E-state index in [-0.39, 0.29) is 5.91 Å². The molecule has 18 heavy (non-hydrogen) atoms. The Morgan fingerprint density at radius 1 is 1.22 bits per heavy atom. The summed E-state index contributed by atoms with van der Waals surface area (Å²) in [7, 11) is 0. The number of carbonyl (C=O) groups is 1. The Bertz CT molecular complexity index is 552. The Hall–Kier alpha value is -1.87. The zero-order valence-corrected chi connectivity index (χ0v) is 10.7. The predicted octanol–water partition coefficient (Wildman–Crippen LogP) is 3.28. The number of halogens is 1. The Labute approximate surface area is 111 Å². The molecule has 0 spiro atoms. The van der Waals surface area contributed by atoms with Crippen molar-refractivity contribution in [2.24, 2.45) is 0 Å². The molecule has 0 saturated carbocycles. The van der Waals surface area contributed by atoms with Crippen LogP contribution < -0.4 is 5.32 Å². The third-order valence-electron chi connectivity index (χ3n) is 2.43. The van der Waals surface area contributed by atoms with Crippen LogP contribution in [-0.4, -0.2) is 10.9 Å². The molecule has 1 heterocycles. The van der Waals surface area contributed by atoms with Gasteiger partial charge < -0.3 is 5.32 Å². The van der Waals surface area contributed by atoms with E-state index < -0.39 is 0 Å². The SMILES string of the molecule is CC(=O)Nc1ccc(Cc2cccc(Cl)n2)cc1.